The van der Waals surface area contributed by atoms with Crippen LogP contribution in [0.15, 0.2) is 12.1 Å². The van der Waals surface area contributed by atoms with Crippen LogP contribution in [0.5, 0.6) is 11.5 Å². The van der Waals surface area contributed by atoms with Crippen molar-refractivity contribution in [2.75, 3.05) is 13.7 Å². The largest absolute Gasteiger partial charge is 0.503 e. The van der Waals surface area contributed by atoms with E-state index in [2.05, 4.69) is 11.8 Å². The molecule has 5 heteroatoms. The highest BCUT2D eigenvalue weighted by Crippen LogP contribution is 2.30. The van der Waals surface area contributed by atoms with Crippen molar-refractivity contribution in [3.63, 3.8) is 0 Å². The number of hydrogen-bond acceptors (Lipinski definition) is 5. The fourth-order valence-corrected chi connectivity index (χ4v) is 1.40. The Bertz CT molecular complexity index is 537. The van der Waals surface area contributed by atoms with E-state index < -0.39 is 5.97 Å². The first-order valence-electron chi connectivity index (χ1n) is 5.63. The molecular formula is C14H14O5. The number of benzene rings is 1. The Hall–Kier alpha value is -2.48. The van der Waals surface area contributed by atoms with E-state index in [1.165, 1.54) is 19.2 Å². The second-order valence-electron chi connectivity index (χ2n) is 3.48. The Morgan fingerprint density at radius 3 is 2.79 bits per heavy atom. The summed E-state index contributed by atoms with van der Waals surface area (Å²) in [6.07, 6.45) is 0.469. The number of phenols is 1. The van der Waals surface area contributed by atoms with Crippen LogP contribution < -0.4 is 4.74 Å². The number of ether oxygens (including phenoxy) is 2. The van der Waals surface area contributed by atoms with Crippen molar-refractivity contribution in [3.8, 4) is 23.3 Å². The van der Waals surface area contributed by atoms with Crippen LogP contribution in [0.3, 0.4) is 0 Å². The summed E-state index contributed by atoms with van der Waals surface area (Å²) < 4.78 is 9.64. The highest BCUT2D eigenvalue weighted by atomic mass is 16.5. The van der Waals surface area contributed by atoms with Gasteiger partial charge < -0.3 is 14.6 Å². The van der Waals surface area contributed by atoms with Crippen molar-refractivity contribution in [3.05, 3.63) is 23.3 Å². The zero-order valence-electron chi connectivity index (χ0n) is 10.7. The smallest absolute Gasteiger partial charge is 0.317 e. The van der Waals surface area contributed by atoms with E-state index >= 15 is 0 Å². The number of aromatic hydroxyl groups is 1. The number of hydrogen-bond donors (Lipinski definition) is 1. The Labute approximate surface area is 111 Å². The lowest BCUT2D eigenvalue weighted by atomic mass is 10.1. The molecule has 0 aliphatic rings. The first-order valence-corrected chi connectivity index (χ1v) is 5.63. The van der Waals surface area contributed by atoms with Gasteiger partial charge in [-0.2, -0.15) is 0 Å². The lowest BCUT2D eigenvalue weighted by Gasteiger charge is -2.06. The van der Waals surface area contributed by atoms with Gasteiger partial charge in [0.15, 0.2) is 17.8 Å². The SMILES string of the molecule is CCOC(=O)CC#Cc1c(C=O)ccc(OC)c1O. The highest BCUT2D eigenvalue weighted by Gasteiger charge is 2.10. The molecule has 0 unspecified atom stereocenters. The van der Waals surface area contributed by atoms with E-state index in [0.29, 0.717) is 6.29 Å². The van der Waals surface area contributed by atoms with E-state index in [9.17, 15) is 14.7 Å². The molecule has 0 saturated heterocycles. The number of aldehydes is 1. The highest BCUT2D eigenvalue weighted by molar-refractivity contribution is 5.82. The lowest BCUT2D eigenvalue weighted by molar-refractivity contribution is -0.141. The van der Waals surface area contributed by atoms with E-state index in [-0.39, 0.29) is 35.7 Å². The molecule has 0 saturated carbocycles. The maximum Gasteiger partial charge on any atom is 0.317 e. The third kappa shape index (κ3) is 3.75. The molecule has 1 N–H and O–H groups in total. The first-order chi connectivity index (χ1) is 9.13. The number of carbonyl (C=O) groups excluding carboxylic acids is 2. The molecule has 1 aromatic rings. The van der Waals surface area contributed by atoms with E-state index in [4.69, 9.17) is 9.47 Å². The van der Waals surface area contributed by atoms with E-state index in [1.54, 1.807) is 6.92 Å². The molecule has 19 heavy (non-hydrogen) atoms. The van der Waals surface area contributed by atoms with Crippen molar-refractivity contribution in [2.24, 2.45) is 0 Å². The molecule has 0 radical (unpaired) electrons. The molecule has 0 heterocycles. The third-order valence-electron chi connectivity index (χ3n) is 2.27. The van der Waals surface area contributed by atoms with E-state index in [1.807, 2.05) is 0 Å². The van der Waals surface area contributed by atoms with Gasteiger partial charge in [-0.25, -0.2) is 0 Å². The number of methoxy groups -OCH3 is 1. The fourth-order valence-electron chi connectivity index (χ4n) is 1.40. The zero-order valence-corrected chi connectivity index (χ0v) is 10.7. The average Bonchev–Trinajstić information content (AvgIpc) is 2.40. The van der Waals surface area contributed by atoms with Crippen LogP contribution in [-0.4, -0.2) is 31.1 Å². The maximum absolute atomic E-state index is 11.1. The van der Waals surface area contributed by atoms with Crippen molar-refractivity contribution < 1.29 is 24.2 Å². The fraction of sp³-hybridized carbons (Fsp3) is 0.286. The average molecular weight is 262 g/mol. The number of carbonyl (C=O) groups is 2. The maximum atomic E-state index is 11.1. The summed E-state index contributed by atoms with van der Waals surface area (Å²) in [7, 11) is 1.39. The Morgan fingerprint density at radius 2 is 2.21 bits per heavy atom. The quantitative estimate of drug-likeness (QED) is 0.506. The molecule has 0 fully saturated rings. The minimum absolute atomic E-state index is 0.108. The summed E-state index contributed by atoms with van der Waals surface area (Å²) in [5.41, 5.74) is 0.369. The molecule has 5 nitrogen and oxygen atoms in total. The first kappa shape index (κ1) is 14.6. The summed E-state index contributed by atoms with van der Waals surface area (Å²) in [6, 6.07) is 2.95. The lowest BCUT2D eigenvalue weighted by Crippen LogP contribution is -2.01. The standard InChI is InChI=1S/C14H14O5/c1-3-19-13(16)6-4-5-11-10(9-15)7-8-12(18-2)14(11)17/h7-9,17H,3,6H2,1-2H3. The molecule has 0 aliphatic heterocycles. The molecule has 100 valence electrons. The van der Waals surface area contributed by atoms with Crippen LogP contribution in [0, 0.1) is 11.8 Å². The molecule has 0 aromatic heterocycles. The van der Waals surface area contributed by atoms with E-state index in [0.717, 1.165) is 0 Å². The van der Waals surface area contributed by atoms with Crippen LogP contribution in [0.1, 0.15) is 29.3 Å². The van der Waals surface area contributed by atoms with Crippen LogP contribution in [0.25, 0.3) is 0 Å². The van der Waals surface area contributed by atoms with Gasteiger partial charge >= 0.3 is 5.97 Å². The molecule has 0 bridgehead atoms. The van der Waals surface area contributed by atoms with Gasteiger partial charge in [-0.3, -0.25) is 9.59 Å². The second kappa shape index (κ2) is 7.07. The van der Waals surface area contributed by atoms with Gasteiger partial charge in [0.25, 0.3) is 0 Å². The second-order valence-corrected chi connectivity index (χ2v) is 3.48. The number of esters is 1. The van der Waals surface area contributed by atoms with Crippen molar-refractivity contribution >= 4 is 12.3 Å². The van der Waals surface area contributed by atoms with Crippen molar-refractivity contribution in [1.82, 2.24) is 0 Å². The van der Waals surface area contributed by atoms with Gasteiger partial charge in [-0.1, -0.05) is 11.8 Å². The van der Waals surface area contributed by atoms with Gasteiger partial charge in [0.05, 0.1) is 19.3 Å². The molecule has 0 amide bonds. The third-order valence-corrected chi connectivity index (χ3v) is 2.27. The topological polar surface area (TPSA) is 72.8 Å². The van der Waals surface area contributed by atoms with Crippen molar-refractivity contribution in [1.29, 1.82) is 0 Å². The summed E-state index contributed by atoms with van der Waals surface area (Å²) >= 11 is 0. The minimum Gasteiger partial charge on any atom is -0.503 e. The molecule has 0 spiro atoms. The van der Waals surface area contributed by atoms with Crippen LogP contribution in [-0.2, 0) is 9.53 Å². The predicted molar refractivity (Wildman–Crippen MR) is 68.2 cm³/mol. The van der Waals surface area contributed by atoms with Crippen molar-refractivity contribution in [2.45, 2.75) is 13.3 Å². The van der Waals surface area contributed by atoms with Gasteiger partial charge in [0, 0.05) is 5.56 Å². The van der Waals surface area contributed by atoms with Crippen LogP contribution in [0.2, 0.25) is 0 Å². The molecular weight excluding hydrogens is 248 g/mol. The van der Waals surface area contributed by atoms with Gasteiger partial charge in [-0.15, -0.1) is 0 Å². The Morgan fingerprint density at radius 1 is 1.47 bits per heavy atom. The summed E-state index contributed by atoms with van der Waals surface area (Å²) in [5, 5.41) is 9.87. The molecule has 1 rings (SSSR count). The Kier molecular flexibility index (Phi) is 5.42. The number of phenolic OH excluding ortho intramolecular Hbond substituents is 1. The summed E-state index contributed by atoms with van der Waals surface area (Å²) in [5.74, 6) is 4.68. The normalized spacial score (nSPS) is 9.16. The van der Waals surface area contributed by atoms with Gasteiger partial charge in [0.2, 0.25) is 0 Å². The van der Waals surface area contributed by atoms with Gasteiger partial charge in [0.1, 0.15) is 6.42 Å². The molecule has 1 aromatic carbocycles. The minimum atomic E-state index is -0.454. The van der Waals surface area contributed by atoms with Crippen LogP contribution in [0.4, 0.5) is 0 Å². The monoisotopic (exact) mass is 262 g/mol. The zero-order chi connectivity index (χ0) is 14.3. The summed E-state index contributed by atoms with van der Waals surface area (Å²) in [6.45, 7) is 1.98. The van der Waals surface area contributed by atoms with Crippen LogP contribution >= 0.6 is 0 Å². The summed E-state index contributed by atoms with van der Waals surface area (Å²) in [4.78, 5) is 22.0. The number of rotatable bonds is 4. The molecule has 0 atom stereocenters. The molecule has 0 aliphatic carbocycles. The Balaban J connectivity index is 3.02. The van der Waals surface area contributed by atoms with Gasteiger partial charge in [-0.05, 0) is 19.1 Å². The predicted octanol–water partition coefficient (Wildman–Crippen LogP) is 1.52.